The third kappa shape index (κ3) is 3.07. The van der Waals surface area contributed by atoms with E-state index in [-0.39, 0.29) is 4.90 Å². The number of hydrogen-bond acceptors (Lipinski definition) is 7. The molecule has 0 bridgehead atoms. The van der Waals surface area contributed by atoms with Crippen LogP contribution >= 0.6 is 15.9 Å². The molecule has 7 nitrogen and oxygen atoms in total. The predicted molar refractivity (Wildman–Crippen MR) is 92.6 cm³/mol. The number of nitrogen functional groups attached to an aromatic ring is 1. The summed E-state index contributed by atoms with van der Waals surface area (Å²) in [4.78, 5) is 8.55. The number of hydrazine groups is 1. The van der Waals surface area contributed by atoms with Crippen LogP contribution < -0.4 is 16.6 Å². The van der Waals surface area contributed by atoms with Gasteiger partial charge in [-0.25, -0.2) is 23.8 Å². The van der Waals surface area contributed by atoms with Crippen molar-refractivity contribution in [1.29, 1.82) is 0 Å². The average Bonchev–Trinajstić information content (AvgIpc) is 3.00. The minimum atomic E-state index is -3.48. The predicted octanol–water partition coefficient (Wildman–Crippen LogP) is 1.31. The maximum Gasteiger partial charge on any atom is 0.177 e. The monoisotopic (exact) mass is 395 g/mol. The molecule has 0 amide bonds. The van der Waals surface area contributed by atoms with Crippen molar-refractivity contribution in [3.63, 3.8) is 0 Å². The summed E-state index contributed by atoms with van der Waals surface area (Å²) in [5, 5.41) is 0. The smallest absolute Gasteiger partial charge is 0.177 e. The van der Waals surface area contributed by atoms with Gasteiger partial charge in [-0.2, -0.15) is 0 Å². The molecule has 1 aliphatic heterocycles. The molecule has 1 aliphatic rings. The first kappa shape index (κ1) is 15.9. The molecule has 1 aromatic heterocycles. The van der Waals surface area contributed by atoms with Crippen molar-refractivity contribution in [2.45, 2.75) is 4.90 Å². The summed E-state index contributed by atoms with van der Waals surface area (Å²) in [6, 6.07) is 6.99. The summed E-state index contributed by atoms with van der Waals surface area (Å²) < 4.78 is 25.1. The lowest BCUT2D eigenvalue weighted by molar-refractivity contribution is 0.601. The summed E-state index contributed by atoms with van der Waals surface area (Å²) in [6.45, 7) is 0.366. The van der Waals surface area contributed by atoms with Gasteiger partial charge < -0.3 is 11.2 Å². The third-order valence-corrected chi connectivity index (χ3v) is 5.43. The highest BCUT2D eigenvalue weighted by Crippen LogP contribution is 2.34. The number of anilines is 1. The van der Waals surface area contributed by atoms with Crippen molar-refractivity contribution < 1.29 is 8.42 Å². The van der Waals surface area contributed by atoms with Crippen LogP contribution in [0.5, 0.6) is 0 Å². The van der Waals surface area contributed by atoms with E-state index in [1.165, 1.54) is 6.26 Å². The van der Waals surface area contributed by atoms with Gasteiger partial charge in [-0.15, -0.1) is 0 Å². The normalized spacial score (nSPS) is 14.4. The second-order valence-electron chi connectivity index (χ2n) is 5.01. The zero-order valence-corrected chi connectivity index (χ0v) is 14.6. The number of pyridine rings is 1. The van der Waals surface area contributed by atoms with Crippen LogP contribution in [0.2, 0.25) is 0 Å². The number of nitrogens with one attached hydrogen (secondary N) is 2. The quantitative estimate of drug-likeness (QED) is 0.722. The van der Waals surface area contributed by atoms with Crippen molar-refractivity contribution >= 4 is 37.4 Å². The number of nitrogens with two attached hydrogens (primary N) is 1. The lowest BCUT2D eigenvalue weighted by Crippen LogP contribution is -2.31. The molecule has 0 saturated carbocycles. The fourth-order valence-electron chi connectivity index (χ4n) is 2.38. The Morgan fingerprint density at radius 3 is 2.61 bits per heavy atom. The van der Waals surface area contributed by atoms with E-state index in [1.54, 1.807) is 24.4 Å². The molecule has 120 valence electrons. The molecular formula is C14H14BrN5O2S. The van der Waals surface area contributed by atoms with Gasteiger partial charge in [-0.1, -0.05) is 6.07 Å². The SMILES string of the molecule is CS(=O)(=O)c1c(Br)ccc(-c2ccc(N)nc2)c1C1=NCNN1. The summed E-state index contributed by atoms with van der Waals surface area (Å²) in [6.07, 6.45) is 2.78. The van der Waals surface area contributed by atoms with Crippen LogP contribution in [-0.2, 0) is 9.84 Å². The summed E-state index contributed by atoms with van der Waals surface area (Å²) in [5.41, 5.74) is 13.3. The summed E-state index contributed by atoms with van der Waals surface area (Å²) >= 11 is 3.33. The molecule has 0 saturated heterocycles. The molecule has 0 unspecified atom stereocenters. The minimum Gasteiger partial charge on any atom is -0.384 e. The van der Waals surface area contributed by atoms with E-state index in [0.717, 1.165) is 5.56 Å². The topological polar surface area (TPSA) is 109 Å². The Morgan fingerprint density at radius 2 is 2.04 bits per heavy atom. The zero-order chi connectivity index (χ0) is 16.6. The first-order valence-corrected chi connectivity index (χ1v) is 9.34. The zero-order valence-electron chi connectivity index (χ0n) is 12.2. The van der Waals surface area contributed by atoms with Gasteiger partial charge in [0.1, 0.15) is 18.3 Å². The molecule has 0 atom stereocenters. The molecular weight excluding hydrogens is 382 g/mol. The van der Waals surface area contributed by atoms with Gasteiger partial charge in [-0.3, -0.25) is 0 Å². The summed E-state index contributed by atoms with van der Waals surface area (Å²) in [7, 11) is -3.48. The van der Waals surface area contributed by atoms with Crippen LogP contribution in [0, 0.1) is 0 Å². The van der Waals surface area contributed by atoms with E-state index in [4.69, 9.17) is 5.73 Å². The second-order valence-corrected chi connectivity index (χ2v) is 7.82. The minimum absolute atomic E-state index is 0.182. The Bertz CT molecular complexity index is 894. The Hall–Kier alpha value is -1.97. The molecule has 4 N–H and O–H groups in total. The van der Waals surface area contributed by atoms with Gasteiger partial charge in [0.2, 0.25) is 0 Å². The van der Waals surface area contributed by atoms with Crippen LogP contribution in [0.1, 0.15) is 5.56 Å². The highest BCUT2D eigenvalue weighted by Gasteiger charge is 2.26. The van der Waals surface area contributed by atoms with E-state index < -0.39 is 9.84 Å². The van der Waals surface area contributed by atoms with Crippen molar-refractivity contribution in [2.75, 3.05) is 18.7 Å². The van der Waals surface area contributed by atoms with Crippen LogP contribution in [0.25, 0.3) is 11.1 Å². The van der Waals surface area contributed by atoms with E-state index in [1.807, 2.05) is 6.07 Å². The van der Waals surface area contributed by atoms with Crippen molar-refractivity contribution in [3.8, 4) is 11.1 Å². The van der Waals surface area contributed by atoms with Crippen LogP contribution in [-0.4, -0.2) is 32.2 Å². The Labute approximate surface area is 142 Å². The second kappa shape index (κ2) is 5.91. The standard InChI is InChI=1S/C14H14BrN5O2S/c1-23(21,22)13-10(15)4-3-9(8-2-5-11(16)17-6-8)12(13)14-18-7-19-20-14/h2-6,19H,7H2,1H3,(H2,16,17)(H,18,20). The van der Waals surface area contributed by atoms with Gasteiger partial charge in [0.05, 0.1) is 4.90 Å². The van der Waals surface area contributed by atoms with Crippen LogP contribution in [0.15, 0.2) is 44.8 Å². The van der Waals surface area contributed by atoms with Crippen LogP contribution in [0.4, 0.5) is 5.82 Å². The van der Waals surface area contributed by atoms with Gasteiger partial charge in [0.15, 0.2) is 9.84 Å². The van der Waals surface area contributed by atoms with E-state index in [9.17, 15) is 8.42 Å². The number of amidine groups is 1. The number of aromatic nitrogens is 1. The molecule has 0 radical (unpaired) electrons. The van der Waals surface area contributed by atoms with Gasteiger partial charge in [0, 0.05) is 28.1 Å². The molecule has 3 rings (SSSR count). The lowest BCUT2D eigenvalue weighted by atomic mass is 10.00. The molecule has 0 fully saturated rings. The molecule has 1 aromatic carbocycles. The number of sulfone groups is 1. The molecule has 2 heterocycles. The molecule has 23 heavy (non-hydrogen) atoms. The highest BCUT2D eigenvalue weighted by molar-refractivity contribution is 9.10. The van der Waals surface area contributed by atoms with Gasteiger partial charge >= 0.3 is 0 Å². The van der Waals surface area contributed by atoms with E-state index in [0.29, 0.717) is 33.9 Å². The van der Waals surface area contributed by atoms with Crippen molar-refractivity contribution in [1.82, 2.24) is 15.8 Å². The van der Waals surface area contributed by atoms with Gasteiger partial charge in [0.25, 0.3) is 0 Å². The number of rotatable bonds is 3. The molecule has 0 aliphatic carbocycles. The fourth-order valence-corrected chi connectivity index (χ4v) is 4.60. The van der Waals surface area contributed by atoms with Gasteiger partial charge in [-0.05, 0) is 39.7 Å². The Balaban J connectivity index is 2.34. The van der Waals surface area contributed by atoms with Crippen molar-refractivity contribution in [2.24, 2.45) is 4.99 Å². The maximum absolute atomic E-state index is 12.3. The number of benzene rings is 1. The fraction of sp³-hybridized carbons (Fsp3) is 0.143. The van der Waals surface area contributed by atoms with Crippen LogP contribution in [0.3, 0.4) is 0 Å². The lowest BCUT2D eigenvalue weighted by Gasteiger charge is -2.16. The largest absolute Gasteiger partial charge is 0.384 e. The number of halogens is 1. The molecule has 2 aromatic rings. The molecule has 0 spiro atoms. The third-order valence-electron chi connectivity index (χ3n) is 3.34. The first-order chi connectivity index (χ1) is 10.9. The number of aliphatic imine (C=N–C) groups is 1. The highest BCUT2D eigenvalue weighted by atomic mass is 79.9. The Kier molecular flexibility index (Phi) is 4.09. The average molecular weight is 396 g/mol. The van der Waals surface area contributed by atoms with E-state index in [2.05, 4.69) is 36.8 Å². The van der Waals surface area contributed by atoms with E-state index >= 15 is 0 Å². The number of hydrogen-bond donors (Lipinski definition) is 3. The molecule has 9 heteroatoms. The van der Waals surface area contributed by atoms with Crippen molar-refractivity contribution in [3.05, 3.63) is 40.5 Å². The first-order valence-electron chi connectivity index (χ1n) is 6.66. The number of nitrogens with zero attached hydrogens (tertiary/aromatic N) is 2. The maximum atomic E-state index is 12.3. The Morgan fingerprint density at radius 1 is 1.26 bits per heavy atom. The summed E-state index contributed by atoms with van der Waals surface area (Å²) in [5.74, 6) is 0.868.